The van der Waals surface area contributed by atoms with Gasteiger partial charge in [0.05, 0.1) is 13.7 Å². The van der Waals surface area contributed by atoms with Crippen LogP contribution in [0.2, 0.25) is 0 Å². The monoisotopic (exact) mass is 454 g/mol. The number of ether oxygens (including phenoxy) is 2. The van der Waals surface area contributed by atoms with Crippen LogP contribution in [0, 0.1) is 5.92 Å². The summed E-state index contributed by atoms with van der Waals surface area (Å²) in [6.07, 6.45) is 12.3. The highest BCUT2D eigenvalue weighted by atomic mass is 16.5. The highest BCUT2D eigenvalue weighted by Crippen LogP contribution is 2.31. The van der Waals surface area contributed by atoms with Crippen LogP contribution in [0.1, 0.15) is 39.0 Å². The quantitative estimate of drug-likeness (QED) is 0.301. The van der Waals surface area contributed by atoms with E-state index in [1.807, 2.05) is 30.4 Å². The Labute approximate surface area is 200 Å². The summed E-state index contributed by atoms with van der Waals surface area (Å²) in [7, 11) is 1.68. The Morgan fingerprint density at radius 2 is 2.00 bits per heavy atom. The van der Waals surface area contributed by atoms with Gasteiger partial charge in [0.25, 0.3) is 0 Å². The van der Waals surface area contributed by atoms with E-state index in [2.05, 4.69) is 40.4 Å². The van der Waals surface area contributed by atoms with Gasteiger partial charge in [0, 0.05) is 36.2 Å². The van der Waals surface area contributed by atoms with E-state index in [1.165, 1.54) is 38.8 Å². The number of hydrogen-bond donors (Lipinski definition) is 3. The van der Waals surface area contributed by atoms with Gasteiger partial charge < -0.3 is 30.3 Å². The van der Waals surface area contributed by atoms with E-state index in [0.717, 1.165) is 67.1 Å². The highest BCUT2D eigenvalue weighted by molar-refractivity contribution is 5.57. The van der Waals surface area contributed by atoms with E-state index in [4.69, 9.17) is 9.47 Å². The fourth-order valence-corrected chi connectivity index (χ4v) is 4.34. The van der Waals surface area contributed by atoms with Crippen LogP contribution in [-0.4, -0.2) is 57.9 Å². The van der Waals surface area contributed by atoms with Crippen LogP contribution in [0.4, 0.5) is 5.69 Å². The number of allylic oxidation sites excluding steroid dienone is 4. The molecule has 2 aliphatic rings. The third-order valence-corrected chi connectivity index (χ3v) is 6.30. The molecule has 6 heteroatoms. The smallest absolute Gasteiger partial charge is 0.163 e. The number of hydrogen-bond acceptors (Lipinski definition) is 6. The van der Waals surface area contributed by atoms with E-state index < -0.39 is 0 Å². The van der Waals surface area contributed by atoms with Crippen LogP contribution < -0.4 is 25.4 Å². The van der Waals surface area contributed by atoms with Crippen molar-refractivity contribution in [1.82, 2.24) is 15.5 Å². The maximum absolute atomic E-state index is 6.05. The molecule has 0 atom stereocenters. The van der Waals surface area contributed by atoms with Crippen LogP contribution in [-0.2, 0) is 0 Å². The summed E-state index contributed by atoms with van der Waals surface area (Å²) >= 11 is 0. The highest BCUT2D eigenvalue weighted by Gasteiger charge is 2.12. The predicted molar refractivity (Wildman–Crippen MR) is 138 cm³/mol. The fourth-order valence-electron chi connectivity index (χ4n) is 4.34. The van der Waals surface area contributed by atoms with E-state index >= 15 is 0 Å². The van der Waals surface area contributed by atoms with Crippen molar-refractivity contribution >= 4 is 5.69 Å². The first-order valence-electron chi connectivity index (χ1n) is 12.4. The van der Waals surface area contributed by atoms with Gasteiger partial charge in [-0.3, -0.25) is 0 Å². The number of benzene rings is 1. The molecule has 0 saturated carbocycles. The maximum atomic E-state index is 6.05. The van der Waals surface area contributed by atoms with Crippen molar-refractivity contribution in [2.45, 2.75) is 39.0 Å². The topological polar surface area (TPSA) is 57.8 Å². The van der Waals surface area contributed by atoms with Crippen LogP contribution in [0.25, 0.3) is 0 Å². The first-order chi connectivity index (χ1) is 16.1. The molecule has 1 aromatic rings. The molecule has 0 aromatic heterocycles. The minimum atomic E-state index is 0.695. The molecular weight excluding hydrogens is 412 g/mol. The zero-order valence-corrected chi connectivity index (χ0v) is 20.5. The Morgan fingerprint density at radius 3 is 2.76 bits per heavy atom. The van der Waals surface area contributed by atoms with Gasteiger partial charge in [0.1, 0.15) is 0 Å². The van der Waals surface area contributed by atoms with Crippen molar-refractivity contribution in [2.24, 2.45) is 5.92 Å². The normalized spacial score (nSPS) is 17.9. The van der Waals surface area contributed by atoms with E-state index in [9.17, 15) is 0 Å². The van der Waals surface area contributed by atoms with Gasteiger partial charge in [0.15, 0.2) is 11.5 Å². The standard InChI is InChI=1S/C27H42N4O2/c1-22(29-21-24-12-14-28-15-13-24)8-6-9-23(2)30-25-10-11-26(32-3)27(20-25)33-19-7-18-31-16-4-5-17-31/h6,8-11,20,24,28-30H,1,4-5,7,12-19,21H2,2-3H3/b8-6-,23-9+. The summed E-state index contributed by atoms with van der Waals surface area (Å²) in [5.74, 6) is 2.28. The van der Waals surface area contributed by atoms with Gasteiger partial charge in [-0.25, -0.2) is 0 Å². The molecule has 2 saturated heterocycles. The molecule has 182 valence electrons. The lowest BCUT2D eigenvalue weighted by Crippen LogP contribution is -2.33. The van der Waals surface area contributed by atoms with Crippen LogP contribution in [0.15, 0.2) is 54.4 Å². The van der Waals surface area contributed by atoms with Crippen LogP contribution in [0.5, 0.6) is 11.5 Å². The Bertz CT molecular complexity index is 793. The van der Waals surface area contributed by atoms with Gasteiger partial charge in [-0.05, 0) is 95.4 Å². The van der Waals surface area contributed by atoms with E-state index in [1.54, 1.807) is 7.11 Å². The van der Waals surface area contributed by atoms with Crippen molar-refractivity contribution < 1.29 is 9.47 Å². The zero-order valence-electron chi connectivity index (χ0n) is 20.5. The molecular formula is C27H42N4O2. The first-order valence-corrected chi connectivity index (χ1v) is 12.4. The lowest BCUT2D eigenvalue weighted by Gasteiger charge is -2.23. The molecule has 0 unspecified atom stereocenters. The molecule has 2 aliphatic heterocycles. The molecule has 2 heterocycles. The molecule has 2 fully saturated rings. The summed E-state index contributed by atoms with van der Waals surface area (Å²) in [4.78, 5) is 2.51. The summed E-state index contributed by atoms with van der Waals surface area (Å²) in [5.41, 5.74) is 2.98. The van der Waals surface area contributed by atoms with Crippen molar-refractivity contribution in [2.75, 3.05) is 58.3 Å². The average molecular weight is 455 g/mol. The summed E-state index contributed by atoms with van der Waals surface area (Å²) in [6, 6.07) is 5.97. The molecule has 0 spiro atoms. The van der Waals surface area contributed by atoms with E-state index in [0.29, 0.717) is 6.61 Å². The Morgan fingerprint density at radius 1 is 1.21 bits per heavy atom. The minimum absolute atomic E-state index is 0.695. The lowest BCUT2D eigenvalue weighted by molar-refractivity contribution is 0.254. The summed E-state index contributed by atoms with van der Waals surface area (Å²) in [6.45, 7) is 13.7. The second-order valence-electron chi connectivity index (χ2n) is 9.05. The number of nitrogens with one attached hydrogen (secondary N) is 3. The Kier molecular flexibility index (Phi) is 10.7. The largest absolute Gasteiger partial charge is 0.493 e. The number of methoxy groups -OCH3 is 1. The maximum Gasteiger partial charge on any atom is 0.163 e. The number of rotatable bonds is 13. The average Bonchev–Trinajstić information content (AvgIpc) is 3.35. The van der Waals surface area contributed by atoms with Gasteiger partial charge in [-0.1, -0.05) is 12.7 Å². The zero-order chi connectivity index (χ0) is 23.3. The third kappa shape index (κ3) is 9.14. The second kappa shape index (κ2) is 14.0. The SMILES string of the molecule is C=C(/C=C\C=C(/C)Nc1ccc(OC)c(OCCCN2CCCC2)c1)NCC1CCNCC1. The predicted octanol–water partition coefficient (Wildman–Crippen LogP) is 4.53. The summed E-state index contributed by atoms with van der Waals surface area (Å²) in [5, 5.41) is 10.3. The second-order valence-corrected chi connectivity index (χ2v) is 9.05. The van der Waals surface area contributed by atoms with E-state index in [-0.39, 0.29) is 0 Å². The van der Waals surface area contributed by atoms with Crippen molar-refractivity contribution in [3.05, 3.63) is 54.4 Å². The van der Waals surface area contributed by atoms with Crippen LogP contribution in [0.3, 0.4) is 0 Å². The number of likely N-dealkylation sites (tertiary alicyclic amines) is 1. The van der Waals surface area contributed by atoms with Crippen molar-refractivity contribution in [3.8, 4) is 11.5 Å². The molecule has 3 N–H and O–H groups in total. The van der Waals surface area contributed by atoms with Crippen LogP contribution >= 0.6 is 0 Å². The molecule has 3 rings (SSSR count). The number of piperidine rings is 1. The number of nitrogens with zero attached hydrogens (tertiary/aromatic N) is 1. The molecule has 0 aliphatic carbocycles. The fraction of sp³-hybridized carbons (Fsp3) is 0.556. The van der Waals surface area contributed by atoms with Gasteiger partial charge >= 0.3 is 0 Å². The summed E-state index contributed by atoms with van der Waals surface area (Å²) < 4.78 is 11.5. The van der Waals surface area contributed by atoms with Crippen molar-refractivity contribution in [3.63, 3.8) is 0 Å². The van der Waals surface area contributed by atoms with Gasteiger partial charge in [-0.15, -0.1) is 0 Å². The molecule has 0 radical (unpaired) electrons. The third-order valence-electron chi connectivity index (χ3n) is 6.30. The van der Waals surface area contributed by atoms with Gasteiger partial charge in [-0.2, -0.15) is 0 Å². The lowest BCUT2D eigenvalue weighted by atomic mass is 9.98. The molecule has 0 bridgehead atoms. The molecule has 33 heavy (non-hydrogen) atoms. The first kappa shape index (κ1) is 25.2. The van der Waals surface area contributed by atoms with Crippen molar-refractivity contribution in [1.29, 1.82) is 0 Å². The Balaban J connectivity index is 1.43. The molecule has 0 amide bonds. The minimum Gasteiger partial charge on any atom is -0.493 e. The Hall–Kier alpha value is -2.44. The van der Waals surface area contributed by atoms with Gasteiger partial charge in [0.2, 0.25) is 0 Å². The molecule has 6 nitrogen and oxygen atoms in total. The molecule has 1 aromatic carbocycles. The number of anilines is 1.